The fourth-order valence-corrected chi connectivity index (χ4v) is 9.94. The summed E-state index contributed by atoms with van der Waals surface area (Å²) in [5.74, 6) is -0.524. The Bertz CT molecular complexity index is 1750. The van der Waals surface area contributed by atoms with E-state index in [9.17, 15) is 19.0 Å². The van der Waals surface area contributed by atoms with Gasteiger partial charge < -0.3 is 19.4 Å². The number of quaternary nitrogens is 1. The van der Waals surface area contributed by atoms with Gasteiger partial charge in [0.1, 0.15) is 19.3 Å². The van der Waals surface area contributed by atoms with E-state index >= 15 is 0 Å². The fourth-order valence-electron chi connectivity index (χ4n) is 9.20. The predicted molar refractivity (Wildman–Crippen MR) is 350 cm³/mol. The smallest absolute Gasteiger partial charge is 0.456 e. The molecule has 10 heteroatoms. The Kier molecular flexibility index (Phi) is 57.4. The molecule has 0 spiro atoms. The van der Waals surface area contributed by atoms with E-state index in [0.717, 1.165) is 122 Å². The van der Waals surface area contributed by atoms with Crippen LogP contribution in [0.25, 0.3) is 0 Å². The van der Waals surface area contributed by atoms with Crippen LogP contribution in [0.5, 0.6) is 0 Å². The highest BCUT2D eigenvalue weighted by Crippen LogP contribution is 2.43. The lowest BCUT2D eigenvalue weighted by molar-refractivity contribution is -0.870. The molecule has 0 aliphatic heterocycles. The Morgan fingerprint density at radius 2 is 0.852 bits per heavy atom. The Labute approximate surface area is 500 Å². The van der Waals surface area contributed by atoms with E-state index in [4.69, 9.17) is 13.8 Å². The summed E-state index contributed by atoms with van der Waals surface area (Å²) in [5, 5.41) is 3.06. The van der Waals surface area contributed by atoms with E-state index in [0.29, 0.717) is 17.4 Å². The number of phosphoric acid groups is 1. The average molecular weight is 1150 g/mol. The SMILES string of the molecule is CC/C=C\C/C=C\C/C=C\C/C=C\C/C=C\CCCCCCCCCCCCCC(=O)NC(COP(=O)(O)OCC[N+](C)(C)C)C(/C=C\CCCCCCCCCCCCC)OC(=O)CCCCCCCCC/C=C/C=C/C=C/CC. The maximum Gasteiger partial charge on any atom is 0.472 e. The molecular formula is C71H126N2O7P+. The van der Waals surface area contributed by atoms with Crippen molar-refractivity contribution in [3.63, 3.8) is 0 Å². The van der Waals surface area contributed by atoms with Gasteiger partial charge >= 0.3 is 13.8 Å². The van der Waals surface area contributed by atoms with Gasteiger partial charge in [-0.2, -0.15) is 0 Å². The van der Waals surface area contributed by atoms with Crippen LogP contribution in [0.4, 0.5) is 0 Å². The van der Waals surface area contributed by atoms with Gasteiger partial charge in [0.05, 0.1) is 33.8 Å². The van der Waals surface area contributed by atoms with E-state index in [2.05, 4.69) is 123 Å². The van der Waals surface area contributed by atoms with E-state index < -0.39 is 20.0 Å². The van der Waals surface area contributed by atoms with Crippen molar-refractivity contribution in [1.82, 2.24) is 5.32 Å². The average Bonchev–Trinajstić information content (AvgIpc) is 3.44. The highest BCUT2D eigenvalue weighted by molar-refractivity contribution is 7.47. The summed E-state index contributed by atoms with van der Waals surface area (Å²) in [6.45, 7) is 6.77. The molecule has 0 aliphatic carbocycles. The zero-order chi connectivity index (χ0) is 59.3. The predicted octanol–water partition coefficient (Wildman–Crippen LogP) is 20.9. The third kappa shape index (κ3) is 61.1. The first-order chi connectivity index (χ1) is 39.4. The van der Waals surface area contributed by atoms with Gasteiger partial charge in [-0.1, -0.05) is 278 Å². The molecule has 81 heavy (non-hydrogen) atoms. The largest absolute Gasteiger partial charge is 0.472 e. The number of rotatable bonds is 59. The van der Waals surface area contributed by atoms with Crippen LogP contribution in [0.15, 0.2) is 109 Å². The van der Waals surface area contributed by atoms with Crippen LogP contribution >= 0.6 is 7.82 Å². The van der Waals surface area contributed by atoms with E-state index in [1.165, 1.54) is 122 Å². The van der Waals surface area contributed by atoms with Crippen molar-refractivity contribution >= 4 is 19.7 Å². The van der Waals surface area contributed by atoms with E-state index in [1.807, 2.05) is 33.3 Å². The van der Waals surface area contributed by atoms with Gasteiger partial charge in [0.15, 0.2) is 0 Å². The highest BCUT2D eigenvalue weighted by atomic mass is 31.2. The zero-order valence-corrected chi connectivity index (χ0v) is 54.1. The maximum atomic E-state index is 13.6. The number of carbonyl (C=O) groups excluding carboxylic acids is 2. The zero-order valence-electron chi connectivity index (χ0n) is 53.2. The quantitative estimate of drug-likeness (QED) is 0.0156. The lowest BCUT2D eigenvalue weighted by atomic mass is 10.0. The third-order valence-corrected chi connectivity index (χ3v) is 15.3. The van der Waals surface area contributed by atoms with Crippen molar-refractivity contribution in [2.75, 3.05) is 40.9 Å². The Hall–Kier alpha value is -3.33. The van der Waals surface area contributed by atoms with Crippen LogP contribution in [0.2, 0.25) is 0 Å². The van der Waals surface area contributed by atoms with Crippen molar-refractivity contribution < 1.29 is 37.3 Å². The number of esters is 1. The molecular weight excluding hydrogens is 1020 g/mol. The molecule has 0 aromatic carbocycles. The Morgan fingerprint density at radius 1 is 0.457 bits per heavy atom. The van der Waals surface area contributed by atoms with Crippen LogP contribution in [0.1, 0.15) is 278 Å². The van der Waals surface area contributed by atoms with Crippen molar-refractivity contribution in [2.24, 2.45) is 0 Å². The number of unbranched alkanes of at least 4 members (excludes halogenated alkanes) is 29. The molecule has 3 unspecified atom stereocenters. The third-order valence-electron chi connectivity index (χ3n) is 14.3. The molecule has 0 bridgehead atoms. The molecule has 0 aliphatic rings. The van der Waals surface area contributed by atoms with Crippen molar-refractivity contribution in [3.05, 3.63) is 109 Å². The first-order valence-electron chi connectivity index (χ1n) is 33.2. The van der Waals surface area contributed by atoms with Gasteiger partial charge in [0, 0.05) is 12.8 Å². The van der Waals surface area contributed by atoms with Gasteiger partial charge in [-0.05, 0) is 96.0 Å². The van der Waals surface area contributed by atoms with Crippen LogP contribution in [-0.2, 0) is 27.9 Å². The second-order valence-electron chi connectivity index (χ2n) is 23.3. The highest BCUT2D eigenvalue weighted by Gasteiger charge is 2.30. The van der Waals surface area contributed by atoms with Crippen molar-refractivity contribution in [3.8, 4) is 0 Å². The summed E-state index contributed by atoms with van der Waals surface area (Å²) < 4.78 is 30.8. The first kappa shape index (κ1) is 77.7. The second-order valence-corrected chi connectivity index (χ2v) is 24.7. The molecule has 3 atom stereocenters. The number of allylic oxidation sites excluding steroid dienone is 17. The number of nitrogens with zero attached hydrogens (tertiary/aromatic N) is 1. The molecule has 0 saturated carbocycles. The van der Waals surface area contributed by atoms with Gasteiger partial charge in [-0.25, -0.2) is 4.57 Å². The van der Waals surface area contributed by atoms with Crippen molar-refractivity contribution in [2.45, 2.75) is 290 Å². The summed E-state index contributed by atoms with van der Waals surface area (Å²) in [4.78, 5) is 37.8. The van der Waals surface area contributed by atoms with E-state index in [-0.39, 0.29) is 31.5 Å². The van der Waals surface area contributed by atoms with Crippen LogP contribution in [0.3, 0.4) is 0 Å². The normalized spacial score (nSPS) is 14.3. The molecule has 2 N–H and O–H groups in total. The van der Waals surface area contributed by atoms with Gasteiger partial charge in [-0.15, -0.1) is 0 Å². The lowest BCUT2D eigenvalue weighted by Gasteiger charge is -2.27. The number of amides is 1. The first-order valence-corrected chi connectivity index (χ1v) is 34.7. The summed E-state index contributed by atoms with van der Waals surface area (Å²) in [6.07, 6.45) is 82.3. The molecule has 0 saturated heterocycles. The Morgan fingerprint density at radius 3 is 1.32 bits per heavy atom. The van der Waals surface area contributed by atoms with Crippen LogP contribution in [0, 0.1) is 0 Å². The maximum absolute atomic E-state index is 13.6. The molecule has 0 fully saturated rings. The molecule has 0 aromatic rings. The molecule has 0 aromatic heterocycles. The molecule has 0 heterocycles. The number of carbonyl (C=O) groups is 2. The van der Waals surface area contributed by atoms with Gasteiger partial charge in [-0.3, -0.25) is 18.6 Å². The minimum absolute atomic E-state index is 0.0329. The summed E-state index contributed by atoms with van der Waals surface area (Å²) in [5.41, 5.74) is 0. The van der Waals surface area contributed by atoms with Crippen LogP contribution in [-0.4, -0.2) is 74.3 Å². The number of phosphoric ester groups is 1. The summed E-state index contributed by atoms with van der Waals surface area (Å²) in [7, 11) is 1.48. The number of hydrogen-bond acceptors (Lipinski definition) is 6. The molecule has 1 amide bonds. The van der Waals surface area contributed by atoms with Gasteiger partial charge in [0.2, 0.25) is 5.91 Å². The summed E-state index contributed by atoms with van der Waals surface area (Å²) in [6, 6.07) is -0.862. The number of ether oxygens (including phenoxy) is 1. The topological polar surface area (TPSA) is 111 Å². The minimum Gasteiger partial charge on any atom is -0.456 e. The van der Waals surface area contributed by atoms with Gasteiger partial charge in [0.25, 0.3) is 0 Å². The van der Waals surface area contributed by atoms with Crippen molar-refractivity contribution in [1.29, 1.82) is 0 Å². The summed E-state index contributed by atoms with van der Waals surface area (Å²) >= 11 is 0. The fraction of sp³-hybridized carbons (Fsp3) is 0.718. The minimum atomic E-state index is -4.46. The van der Waals surface area contributed by atoms with Crippen LogP contribution < -0.4 is 5.32 Å². The standard InChI is InChI=1S/C71H125N2O7P/c1-7-10-13-16-19-22-25-28-30-31-32-33-34-35-36-37-38-39-40-41-43-45-48-51-54-57-60-63-70(74)72-68(67-79-81(76,77)78-66-65-73(4,5)6)69(62-59-56-53-50-47-44-27-24-21-18-15-12-9-3)80-71(75)64-61-58-55-52-49-46-42-29-26-23-20-17-14-11-8-2/h10-11,13-14,17,19-20,22-23,26,28,30,32-33,35-36,59,62,68-69H,7-9,12,15-16,18,21,24-25,27,29,31,34,37-58,60-61,63-67H2,1-6H3,(H-,72,74,76,77)/p+1/b13-10-,14-11+,20-17+,22-19-,26-23+,30-28-,33-32-,36-35-,62-59-. The number of hydrogen-bond donors (Lipinski definition) is 2. The number of likely N-dealkylation sites (N-methyl/N-ethyl adjacent to an activating group) is 1. The monoisotopic (exact) mass is 1150 g/mol. The molecule has 0 rings (SSSR count). The lowest BCUT2D eigenvalue weighted by Crippen LogP contribution is -2.47. The van der Waals surface area contributed by atoms with E-state index in [1.54, 1.807) is 0 Å². The number of nitrogens with one attached hydrogen (secondary N) is 1. The molecule has 0 radical (unpaired) electrons. The molecule has 466 valence electrons. The Balaban J connectivity index is 5.12. The molecule has 9 nitrogen and oxygen atoms in total. The second kappa shape index (κ2) is 59.8.